The van der Waals surface area contributed by atoms with Crippen molar-refractivity contribution < 1.29 is 18.8 Å². The minimum atomic E-state index is -2.90. The van der Waals surface area contributed by atoms with Crippen LogP contribution in [0.3, 0.4) is 0 Å². The molecule has 6 heteroatoms. The van der Waals surface area contributed by atoms with Crippen LogP contribution in [0, 0.1) is 11.8 Å². The fraction of sp³-hybridized carbons (Fsp3) is 0.389. The number of cyclic esters (lactones) is 1. The molecule has 0 bridgehead atoms. The molecular formula is C36H45NO4Si. The maximum atomic E-state index is 13.5. The molecule has 3 aromatic carbocycles. The lowest BCUT2D eigenvalue weighted by Crippen LogP contribution is -2.67. The second-order valence-electron chi connectivity index (χ2n) is 13.2. The molecule has 1 aliphatic rings. The van der Waals surface area contributed by atoms with Crippen LogP contribution in [-0.2, 0) is 14.0 Å². The van der Waals surface area contributed by atoms with Crippen molar-refractivity contribution in [1.29, 1.82) is 0 Å². The second kappa shape index (κ2) is 12.4. The zero-order valence-electron chi connectivity index (χ0n) is 26.2. The summed E-state index contributed by atoms with van der Waals surface area (Å²) in [6.07, 6.45) is 2.47. The summed E-state index contributed by atoms with van der Waals surface area (Å²) in [7, 11) is -2.90. The summed E-state index contributed by atoms with van der Waals surface area (Å²) in [5.74, 6) is -0.493. The molecule has 0 N–H and O–H groups in total. The molecule has 0 aliphatic carbocycles. The van der Waals surface area contributed by atoms with Gasteiger partial charge in [0.2, 0.25) is 0 Å². The minimum Gasteiger partial charge on any atom is -0.441 e. The third-order valence-corrected chi connectivity index (χ3v) is 13.3. The van der Waals surface area contributed by atoms with Gasteiger partial charge < -0.3 is 9.16 Å². The van der Waals surface area contributed by atoms with E-state index in [0.29, 0.717) is 0 Å². The van der Waals surface area contributed by atoms with Crippen LogP contribution in [0.4, 0.5) is 4.79 Å². The highest BCUT2D eigenvalue weighted by Crippen LogP contribution is 2.42. The van der Waals surface area contributed by atoms with E-state index in [1.807, 2.05) is 64.1 Å². The van der Waals surface area contributed by atoms with Crippen molar-refractivity contribution in [3.05, 3.63) is 109 Å². The highest BCUT2D eigenvalue weighted by molar-refractivity contribution is 6.99. The van der Waals surface area contributed by atoms with E-state index >= 15 is 0 Å². The van der Waals surface area contributed by atoms with Crippen molar-refractivity contribution in [1.82, 2.24) is 4.90 Å². The number of hydrogen-bond donors (Lipinski definition) is 0. The Balaban J connectivity index is 1.78. The first kappa shape index (κ1) is 31.5. The van der Waals surface area contributed by atoms with Gasteiger partial charge >= 0.3 is 6.09 Å². The van der Waals surface area contributed by atoms with Crippen LogP contribution in [0.15, 0.2) is 103 Å². The summed E-state index contributed by atoms with van der Waals surface area (Å²) in [5, 5.41) is 2.18. The van der Waals surface area contributed by atoms with Gasteiger partial charge in [-0.1, -0.05) is 139 Å². The van der Waals surface area contributed by atoms with Crippen LogP contribution in [0.5, 0.6) is 0 Å². The van der Waals surface area contributed by atoms with Crippen LogP contribution in [0.1, 0.15) is 67.1 Å². The largest absolute Gasteiger partial charge is 0.441 e. The first-order valence-electron chi connectivity index (χ1n) is 14.9. The topological polar surface area (TPSA) is 55.8 Å². The van der Waals surface area contributed by atoms with Gasteiger partial charge in [0.25, 0.3) is 14.2 Å². The van der Waals surface area contributed by atoms with Crippen LogP contribution in [0.2, 0.25) is 5.04 Å². The zero-order valence-corrected chi connectivity index (χ0v) is 27.2. The van der Waals surface area contributed by atoms with E-state index in [0.717, 1.165) is 5.56 Å². The Morgan fingerprint density at radius 1 is 0.881 bits per heavy atom. The molecule has 1 aliphatic heterocycles. The van der Waals surface area contributed by atoms with Crippen LogP contribution >= 0.6 is 0 Å². The molecule has 1 fully saturated rings. The van der Waals surface area contributed by atoms with Gasteiger partial charge in [-0.05, 0) is 40.7 Å². The third-order valence-electron chi connectivity index (χ3n) is 8.27. The Hall–Kier alpha value is -3.48. The molecule has 0 saturated carbocycles. The van der Waals surface area contributed by atoms with Crippen molar-refractivity contribution in [3.63, 3.8) is 0 Å². The number of nitrogens with zero attached hydrogens (tertiary/aromatic N) is 1. The molecule has 3 atom stereocenters. The Morgan fingerprint density at radius 2 is 1.36 bits per heavy atom. The lowest BCUT2D eigenvalue weighted by Gasteiger charge is -2.46. The fourth-order valence-corrected chi connectivity index (χ4v) is 11.3. The second-order valence-corrected chi connectivity index (χ2v) is 17.5. The summed E-state index contributed by atoms with van der Waals surface area (Å²) in [6, 6.07) is 31.0. The molecule has 222 valence electrons. The van der Waals surface area contributed by atoms with Crippen LogP contribution < -0.4 is 10.4 Å². The van der Waals surface area contributed by atoms with Crippen molar-refractivity contribution in [2.75, 3.05) is 0 Å². The van der Waals surface area contributed by atoms with Gasteiger partial charge in [-0.2, -0.15) is 0 Å². The molecule has 2 amide bonds. The molecule has 1 saturated heterocycles. The number of carbonyl (C=O) groups is 2. The maximum absolute atomic E-state index is 13.5. The minimum absolute atomic E-state index is 0.0526. The van der Waals surface area contributed by atoms with E-state index in [1.165, 1.54) is 21.3 Å². The third kappa shape index (κ3) is 6.15. The van der Waals surface area contributed by atoms with E-state index < -0.39 is 20.0 Å². The van der Waals surface area contributed by atoms with Gasteiger partial charge in [-0.25, -0.2) is 9.69 Å². The van der Waals surface area contributed by atoms with Gasteiger partial charge in [0.05, 0.1) is 12.1 Å². The summed E-state index contributed by atoms with van der Waals surface area (Å²) in [5.41, 5.74) is 0.288. The number of hydrogen-bond acceptors (Lipinski definition) is 4. The quantitative estimate of drug-likeness (QED) is 0.196. The van der Waals surface area contributed by atoms with Gasteiger partial charge in [0, 0.05) is 12.0 Å². The monoisotopic (exact) mass is 583 g/mol. The number of benzene rings is 3. The van der Waals surface area contributed by atoms with Gasteiger partial charge in [0.1, 0.15) is 5.60 Å². The van der Waals surface area contributed by atoms with Crippen molar-refractivity contribution in [2.24, 2.45) is 11.8 Å². The smallest absolute Gasteiger partial charge is 0.417 e. The highest BCUT2D eigenvalue weighted by atomic mass is 28.4. The number of imide groups is 1. The summed E-state index contributed by atoms with van der Waals surface area (Å²) in [6.45, 7) is 16.6. The van der Waals surface area contributed by atoms with Gasteiger partial charge in [0.15, 0.2) is 0 Å². The fourth-order valence-electron chi connectivity index (χ4n) is 6.51. The molecule has 0 unspecified atom stereocenters. The van der Waals surface area contributed by atoms with Crippen molar-refractivity contribution in [2.45, 2.75) is 78.2 Å². The number of carbonyl (C=O) groups excluding carboxylic acids is 2. The predicted molar refractivity (Wildman–Crippen MR) is 172 cm³/mol. The first-order valence-corrected chi connectivity index (χ1v) is 16.8. The summed E-state index contributed by atoms with van der Waals surface area (Å²) in [4.78, 5) is 27.6. The first-order chi connectivity index (χ1) is 19.8. The van der Waals surface area contributed by atoms with Gasteiger partial charge in [-0.3, -0.25) is 4.79 Å². The van der Waals surface area contributed by atoms with E-state index in [1.54, 1.807) is 0 Å². The molecule has 5 nitrogen and oxygen atoms in total. The van der Waals surface area contributed by atoms with Crippen LogP contribution in [0.25, 0.3) is 0 Å². The molecule has 0 aromatic heterocycles. The van der Waals surface area contributed by atoms with Crippen molar-refractivity contribution in [3.8, 4) is 0 Å². The van der Waals surface area contributed by atoms with E-state index in [2.05, 4.69) is 88.4 Å². The lowest BCUT2D eigenvalue weighted by atomic mass is 9.89. The SMILES string of the molecule is CC(C)[C@@H]1N(C(=O)/C=C/[C@H](C)[C@@H](O[Si](c2ccccc2)(c2ccccc2)C(C)(C)C)c2ccccc2)C(=O)OC1(C)C. The molecule has 42 heavy (non-hydrogen) atoms. The molecule has 4 rings (SSSR count). The van der Waals surface area contributed by atoms with Crippen LogP contribution in [-0.4, -0.2) is 36.9 Å². The lowest BCUT2D eigenvalue weighted by molar-refractivity contribution is -0.125. The van der Waals surface area contributed by atoms with E-state index in [-0.39, 0.29) is 34.9 Å². The van der Waals surface area contributed by atoms with E-state index in [9.17, 15) is 9.59 Å². The average Bonchev–Trinajstić information content (AvgIpc) is 3.21. The molecule has 3 aromatic rings. The summed E-state index contributed by atoms with van der Waals surface area (Å²) >= 11 is 0. The highest BCUT2D eigenvalue weighted by Gasteiger charge is 2.53. The molecular weight excluding hydrogens is 538 g/mol. The number of ether oxygens (including phenoxy) is 1. The maximum Gasteiger partial charge on any atom is 0.417 e. The predicted octanol–water partition coefficient (Wildman–Crippen LogP) is 7.28. The summed E-state index contributed by atoms with van der Waals surface area (Å²) < 4.78 is 13.2. The Bertz CT molecular complexity index is 1340. The zero-order chi connectivity index (χ0) is 30.7. The van der Waals surface area contributed by atoms with Gasteiger partial charge in [-0.15, -0.1) is 0 Å². The Labute approximate surface area is 252 Å². The average molecular weight is 584 g/mol. The van der Waals surface area contributed by atoms with Crippen molar-refractivity contribution >= 4 is 30.7 Å². The Kier molecular flexibility index (Phi) is 9.29. The number of amides is 2. The number of rotatable bonds is 9. The molecule has 0 radical (unpaired) electrons. The molecule has 1 heterocycles. The normalized spacial score (nSPS) is 18.7. The Morgan fingerprint density at radius 3 is 1.81 bits per heavy atom. The molecule has 0 spiro atoms. The standard InChI is InChI=1S/C36H45NO4Si/c1-26(2)33-36(7,8)40-34(39)37(33)31(38)25-24-27(3)32(28-18-12-9-13-19-28)41-42(35(4,5)6,29-20-14-10-15-21-29)30-22-16-11-17-23-30/h9-27,32-33H,1-8H3/b25-24+/t27-,32+,33-/m0/s1. The van der Waals surface area contributed by atoms with E-state index in [4.69, 9.17) is 9.16 Å².